The van der Waals surface area contributed by atoms with E-state index in [0.29, 0.717) is 12.0 Å². The van der Waals surface area contributed by atoms with Gasteiger partial charge in [-0.15, -0.1) is 0 Å². The monoisotopic (exact) mass is 347 g/mol. The first kappa shape index (κ1) is 11.9. The van der Waals surface area contributed by atoms with E-state index in [-0.39, 0.29) is 0 Å². The van der Waals surface area contributed by atoms with Gasteiger partial charge < -0.3 is 4.74 Å². The summed E-state index contributed by atoms with van der Waals surface area (Å²) in [4.78, 5) is 2.58. The molecule has 5 heteroatoms. The maximum atomic E-state index is 5.27. The van der Waals surface area contributed by atoms with Crippen LogP contribution < -0.4 is 0 Å². The molecule has 0 aromatic carbocycles. The summed E-state index contributed by atoms with van der Waals surface area (Å²) in [5.41, 5.74) is 1.40. The summed E-state index contributed by atoms with van der Waals surface area (Å²) in [6.07, 6.45) is 2.51. The maximum Gasteiger partial charge on any atom is 0.123 e. The lowest BCUT2D eigenvalue weighted by molar-refractivity contribution is -0.0714. The van der Waals surface area contributed by atoms with Crippen LogP contribution in [0.5, 0.6) is 0 Å². The second-order valence-corrected chi connectivity index (χ2v) is 6.12. The summed E-state index contributed by atoms with van der Waals surface area (Å²) < 4.78 is 8.42. The van der Waals surface area contributed by atoms with Gasteiger partial charge in [0.15, 0.2) is 0 Å². The van der Waals surface area contributed by atoms with Crippen molar-refractivity contribution in [3.63, 3.8) is 0 Å². The molecule has 17 heavy (non-hydrogen) atoms. The molecule has 0 aliphatic carbocycles. The normalized spacial score (nSPS) is 23.9. The van der Waals surface area contributed by atoms with E-state index < -0.39 is 0 Å². The van der Waals surface area contributed by atoms with Crippen molar-refractivity contribution in [2.45, 2.75) is 24.8 Å². The van der Waals surface area contributed by atoms with E-state index in [1.54, 1.807) is 0 Å². The molecule has 3 rings (SSSR count). The van der Waals surface area contributed by atoms with Gasteiger partial charge in [0, 0.05) is 18.7 Å². The Morgan fingerprint density at radius 3 is 2.53 bits per heavy atom. The SMILES string of the molecule is Cn1nc(I)cc1C1CCN(C2COC2)CC1. The van der Waals surface area contributed by atoms with Crippen LogP contribution in [-0.2, 0) is 11.8 Å². The van der Waals surface area contributed by atoms with Crippen molar-refractivity contribution in [3.05, 3.63) is 15.5 Å². The highest BCUT2D eigenvalue weighted by Crippen LogP contribution is 2.30. The van der Waals surface area contributed by atoms with Gasteiger partial charge in [-0.1, -0.05) is 0 Å². The number of ether oxygens (including phenoxy) is 1. The molecule has 0 radical (unpaired) electrons. The van der Waals surface area contributed by atoms with Crippen molar-refractivity contribution in [2.24, 2.45) is 7.05 Å². The second kappa shape index (κ2) is 4.85. The first-order chi connectivity index (χ1) is 8.24. The lowest BCUT2D eigenvalue weighted by Gasteiger charge is -2.41. The largest absolute Gasteiger partial charge is 0.378 e. The maximum absolute atomic E-state index is 5.27. The molecule has 1 aromatic heterocycles. The fourth-order valence-electron chi connectivity index (χ4n) is 2.82. The topological polar surface area (TPSA) is 30.3 Å². The van der Waals surface area contributed by atoms with Gasteiger partial charge in [0.05, 0.1) is 19.3 Å². The van der Waals surface area contributed by atoms with E-state index in [2.05, 4.69) is 50.4 Å². The summed E-state index contributed by atoms with van der Waals surface area (Å²) in [6.45, 7) is 4.30. The van der Waals surface area contributed by atoms with Gasteiger partial charge >= 0.3 is 0 Å². The summed E-state index contributed by atoms with van der Waals surface area (Å²) in [5, 5.41) is 4.44. The van der Waals surface area contributed by atoms with Gasteiger partial charge in [0.1, 0.15) is 3.70 Å². The molecule has 0 spiro atoms. The van der Waals surface area contributed by atoms with E-state index in [1.807, 2.05) is 0 Å². The zero-order valence-electron chi connectivity index (χ0n) is 10.1. The van der Waals surface area contributed by atoms with Crippen LogP contribution in [0.1, 0.15) is 24.5 Å². The minimum Gasteiger partial charge on any atom is -0.378 e. The number of piperidine rings is 1. The molecule has 4 nitrogen and oxygen atoms in total. The molecule has 2 fully saturated rings. The molecule has 0 bridgehead atoms. The number of nitrogens with zero attached hydrogens (tertiary/aromatic N) is 3. The molecule has 0 N–H and O–H groups in total. The third-order valence-corrected chi connectivity index (χ3v) is 4.50. The Bertz CT molecular complexity index is 394. The van der Waals surface area contributed by atoms with Gasteiger partial charge in [0.25, 0.3) is 0 Å². The first-order valence-electron chi connectivity index (χ1n) is 6.25. The van der Waals surface area contributed by atoms with E-state index >= 15 is 0 Å². The highest BCUT2D eigenvalue weighted by Gasteiger charge is 2.30. The molecule has 3 heterocycles. The molecule has 94 valence electrons. The van der Waals surface area contributed by atoms with Crippen molar-refractivity contribution < 1.29 is 4.74 Å². The highest BCUT2D eigenvalue weighted by molar-refractivity contribution is 14.1. The number of hydrogen-bond donors (Lipinski definition) is 0. The van der Waals surface area contributed by atoms with Crippen molar-refractivity contribution in [1.29, 1.82) is 0 Å². The summed E-state index contributed by atoms with van der Waals surface area (Å²) in [5.74, 6) is 0.688. The zero-order valence-corrected chi connectivity index (χ0v) is 12.3. The molecule has 2 aliphatic rings. The van der Waals surface area contributed by atoms with Crippen molar-refractivity contribution in [1.82, 2.24) is 14.7 Å². The predicted octanol–water partition coefficient (Wildman–Crippen LogP) is 1.60. The molecule has 0 unspecified atom stereocenters. The predicted molar refractivity (Wildman–Crippen MR) is 74.1 cm³/mol. The van der Waals surface area contributed by atoms with E-state index in [9.17, 15) is 0 Å². The Balaban J connectivity index is 1.62. The van der Waals surface area contributed by atoms with Crippen LogP contribution in [0.4, 0.5) is 0 Å². The van der Waals surface area contributed by atoms with Crippen LogP contribution in [0.15, 0.2) is 6.07 Å². The lowest BCUT2D eigenvalue weighted by atomic mass is 9.92. The van der Waals surface area contributed by atoms with E-state index in [0.717, 1.165) is 16.9 Å². The molecule has 1 aromatic rings. The fraction of sp³-hybridized carbons (Fsp3) is 0.750. The first-order valence-corrected chi connectivity index (χ1v) is 7.33. The Hall–Kier alpha value is -0.140. The number of likely N-dealkylation sites (tertiary alicyclic amines) is 1. The third kappa shape index (κ3) is 2.37. The van der Waals surface area contributed by atoms with Crippen LogP contribution in [0.25, 0.3) is 0 Å². The van der Waals surface area contributed by atoms with Gasteiger partial charge in [-0.2, -0.15) is 5.10 Å². The minimum atomic E-state index is 0.688. The van der Waals surface area contributed by atoms with Crippen LogP contribution in [0.3, 0.4) is 0 Å². The van der Waals surface area contributed by atoms with Crippen LogP contribution in [-0.4, -0.2) is 47.0 Å². The van der Waals surface area contributed by atoms with E-state index in [4.69, 9.17) is 4.74 Å². The summed E-state index contributed by atoms with van der Waals surface area (Å²) >= 11 is 2.29. The standard InChI is InChI=1S/C12H18IN3O/c1-15-11(6-12(13)14-15)9-2-4-16(5-3-9)10-7-17-8-10/h6,9-10H,2-5,7-8H2,1H3. The minimum absolute atomic E-state index is 0.688. The summed E-state index contributed by atoms with van der Waals surface area (Å²) in [7, 11) is 2.06. The number of hydrogen-bond acceptors (Lipinski definition) is 3. The molecule has 0 amide bonds. The molecule has 0 atom stereocenters. The Morgan fingerprint density at radius 2 is 2.06 bits per heavy atom. The Labute approximate surface area is 115 Å². The molecule has 2 aliphatic heterocycles. The average molecular weight is 347 g/mol. The Kier molecular flexibility index (Phi) is 3.40. The highest BCUT2D eigenvalue weighted by atomic mass is 127. The van der Waals surface area contributed by atoms with Gasteiger partial charge in [0.2, 0.25) is 0 Å². The number of aryl methyl sites for hydroxylation is 1. The van der Waals surface area contributed by atoms with Gasteiger partial charge in [-0.05, 0) is 54.6 Å². The fourth-order valence-corrected chi connectivity index (χ4v) is 3.46. The molecular formula is C12H18IN3O. The van der Waals surface area contributed by atoms with Crippen molar-refractivity contribution in [2.75, 3.05) is 26.3 Å². The number of aromatic nitrogens is 2. The van der Waals surface area contributed by atoms with Gasteiger partial charge in [-0.3, -0.25) is 9.58 Å². The number of halogens is 1. The third-order valence-electron chi connectivity index (χ3n) is 3.97. The Morgan fingerprint density at radius 1 is 1.35 bits per heavy atom. The van der Waals surface area contributed by atoms with Crippen molar-refractivity contribution in [3.8, 4) is 0 Å². The average Bonchev–Trinajstić information content (AvgIpc) is 2.57. The lowest BCUT2D eigenvalue weighted by Crippen LogP contribution is -2.51. The molecular weight excluding hydrogens is 329 g/mol. The van der Waals surface area contributed by atoms with Crippen molar-refractivity contribution >= 4 is 22.6 Å². The van der Waals surface area contributed by atoms with E-state index in [1.165, 1.54) is 31.6 Å². The zero-order chi connectivity index (χ0) is 11.8. The quantitative estimate of drug-likeness (QED) is 0.762. The molecule has 0 saturated carbocycles. The van der Waals surface area contributed by atoms with Crippen LogP contribution in [0.2, 0.25) is 0 Å². The number of rotatable bonds is 2. The smallest absolute Gasteiger partial charge is 0.123 e. The molecule has 2 saturated heterocycles. The van der Waals surface area contributed by atoms with Crippen LogP contribution in [0, 0.1) is 3.70 Å². The summed E-state index contributed by atoms with van der Waals surface area (Å²) in [6, 6.07) is 2.93. The second-order valence-electron chi connectivity index (χ2n) is 5.02. The van der Waals surface area contributed by atoms with Gasteiger partial charge in [-0.25, -0.2) is 0 Å². The van der Waals surface area contributed by atoms with Crippen LogP contribution >= 0.6 is 22.6 Å².